The highest BCUT2D eigenvalue weighted by molar-refractivity contribution is 5.76. The van der Waals surface area contributed by atoms with E-state index in [2.05, 4.69) is 5.32 Å². The standard InChI is InChI=1S/C13H24N2O3/c1-11(17)14-8-4-2-3-7-13(18)15-9-5-6-12(15)10-16/h12,16H,2-10H2,1H3,(H,14,17)/t12-/m1/s1. The maximum atomic E-state index is 11.9. The van der Waals surface area contributed by atoms with E-state index in [-0.39, 0.29) is 24.5 Å². The lowest BCUT2D eigenvalue weighted by atomic mass is 10.1. The van der Waals surface area contributed by atoms with E-state index in [1.54, 1.807) is 0 Å². The summed E-state index contributed by atoms with van der Waals surface area (Å²) in [4.78, 5) is 24.3. The van der Waals surface area contributed by atoms with E-state index >= 15 is 0 Å². The third-order valence-corrected chi connectivity index (χ3v) is 3.35. The number of nitrogens with one attached hydrogen (secondary N) is 1. The van der Waals surface area contributed by atoms with Crippen molar-refractivity contribution in [2.45, 2.75) is 51.5 Å². The minimum absolute atomic E-state index is 0.00562. The summed E-state index contributed by atoms with van der Waals surface area (Å²) in [6.07, 6.45) is 5.19. The van der Waals surface area contributed by atoms with Gasteiger partial charge in [-0.3, -0.25) is 9.59 Å². The van der Waals surface area contributed by atoms with E-state index in [4.69, 9.17) is 5.11 Å². The lowest BCUT2D eigenvalue weighted by Gasteiger charge is -2.22. The van der Waals surface area contributed by atoms with E-state index in [0.29, 0.717) is 13.0 Å². The van der Waals surface area contributed by atoms with Crippen LogP contribution < -0.4 is 5.32 Å². The molecule has 0 aromatic rings. The average Bonchev–Trinajstić information content (AvgIpc) is 2.81. The molecule has 1 heterocycles. The van der Waals surface area contributed by atoms with Gasteiger partial charge in [-0.25, -0.2) is 0 Å². The molecule has 0 radical (unpaired) electrons. The number of hydrogen-bond acceptors (Lipinski definition) is 3. The van der Waals surface area contributed by atoms with Gasteiger partial charge in [0.2, 0.25) is 11.8 Å². The van der Waals surface area contributed by atoms with Crippen molar-refractivity contribution in [1.82, 2.24) is 10.2 Å². The summed E-state index contributed by atoms with van der Waals surface area (Å²) >= 11 is 0. The number of rotatable bonds is 7. The van der Waals surface area contributed by atoms with Crippen molar-refractivity contribution < 1.29 is 14.7 Å². The van der Waals surface area contributed by atoms with Crippen LogP contribution in [-0.4, -0.2) is 47.6 Å². The predicted octanol–water partition coefficient (Wildman–Crippen LogP) is 0.666. The van der Waals surface area contributed by atoms with Crippen molar-refractivity contribution >= 4 is 11.8 Å². The number of carbonyl (C=O) groups is 2. The van der Waals surface area contributed by atoms with Crippen LogP contribution in [0.5, 0.6) is 0 Å². The van der Waals surface area contributed by atoms with Gasteiger partial charge in [-0.2, -0.15) is 0 Å². The Morgan fingerprint density at radius 3 is 2.78 bits per heavy atom. The second-order valence-electron chi connectivity index (χ2n) is 4.86. The maximum Gasteiger partial charge on any atom is 0.222 e. The largest absolute Gasteiger partial charge is 0.394 e. The summed E-state index contributed by atoms with van der Waals surface area (Å²) in [7, 11) is 0. The lowest BCUT2D eigenvalue weighted by molar-refractivity contribution is -0.132. The maximum absolute atomic E-state index is 11.9. The Labute approximate surface area is 109 Å². The molecule has 0 bridgehead atoms. The highest BCUT2D eigenvalue weighted by atomic mass is 16.3. The van der Waals surface area contributed by atoms with Gasteiger partial charge in [-0.15, -0.1) is 0 Å². The molecule has 1 rings (SSSR count). The molecule has 1 saturated heterocycles. The van der Waals surface area contributed by atoms with Crippen LogP contribution in [0.4, 0.5) is 0 Å². The Bertz CT molecular complexity index is 281. The SMILES string of the molecule is CC(=O)NCCCCCC(=O)N1CCC[C@@H]1CO. The van der Waals surface area contributed by atoms with Gasteiger partial charge in [0.15, 0.2) is 0 Å². The number of amides is 2. The molecular weight excluding hydrogens is 232 g/mol. The first-order chi connectivity index (χ1) is 8.65. The number of aliphatic hydroxyl groups is 1. The van der Waals surface area contributed by atoms with Crippen LogP contribution >= 0.6 is 0 Å². The van der Waals surface area contributed by atoms with E-state index < -0.39 is 0 Å². The van der Waals surface area contributed by atoms with Crippen LogP contribution in [0.2, 0.25) is 0 Å². The number of carbonyl (C=O) groups excluding carboxylic acids is 2. The minimum Gasteiger partial charge on any atom is -0.394 e. The lowest BCUT2D eigenvalue weighted by Crippen LogP contribution is -2.37. The molecule has 104 valence electrons. The summed E-state index contributed by atoms with van der Waals surface area (Å²) in [5, 5.41) is 11.9. The first-order valence-electron chi connectivity index (χ1n) is 6.80. The molecule has 18 heavy (non-hydrogen) atoms. The van der Waals surface area contributed by atoms with Crippen molar-refractivity contribution in [1.29, 1.82) is 0 Å². The van der Waals surface area contributed by atoms with Gasteiger partial charge >= 0.3 is 0 Å². The average molecular weight is 256 g/mol. The van der Waals surface area contributed by atoms with Gasteiger partial charge in [-0.05, 0) is 25.7 Å². The van der Waals surface area contributed by atoms with Crippen molar-refractivity contribution in [2.75, 3.05) is 19.7 Å². The van der Waals surface area contributed by atoms with Crippen LogP contribution in [-0.2, 0) is 9.59 Å². The zero-order chi connectivity index (χ0) is 13.4. The van der Waals surface area contributed by atoms with Crippen LogP contribution in [0.3, 0.4) is 0 Å². The molecule has 0 aromatic carbocycles. The fourth-order valence-electron chi connectivity index (χ4n) is 2.34. The third kappa shape index (κ3) is 5.04. The summed E-state index contributed by atoms with van der Waals surface area (Å²) in [5.41, 5.74) is 0. The van der Waals surface area contributed by atoms with Gasteiger partial charge in [0, 0.05) is 26.4 Å². The summed E-state index contributed by atoms with van der Waals surface area (Å²) < 4.78 is 0. The Balaban J connectivity index is 2.08. The number of unbranched alkanes of at least 4 members (excludes halogenated alkanes) is 2. The Morgan fingerprint density at radius 1 is 1.33 bits per heavy atom. The second-order valence-corrected chi connectivity index (χ2v) is 4.86. The third-order valence-electron chi connectivity index (χ3n) is 3.35. The molecule has 0 aromatic heterocycles. The topological polar surface area (TPSA) is 69.6 Å². The molecule has 1 atom stereocenters. The first-order valence-corrected chi connectivity index (χ1v) is 6.80. The minimum atomic E-state index is -0.00562. The summed E-state index contributed by atoms with van der Waals surface area (Å²) in [6, 6.07) is 0.0388. The molecule has 0 unspecified atom stereocenters. The van der Waals surface area contributed by atoms with E-state index in [9.17, 15) is 9.59 Å². The highest BCUT2D eigenvalue weighted by Gasteiger charge is 2.27. The van der Waals surface area contributed by atoms with Gasteiger partial charge < -0.3 is 15.3 Å². The summed E-state index contributed by atoms with van der Waals surface area (Å²) in [6.45, 7) is 3.06. The van der Waals surface area contributed by atoms with Crippen LogP contribution in [0.1, 0.15) is 45.4 Å². The number of aliphatic hydroxyl groups excluding tert-OH is 1. The quantitative estimate of drug-likeness (QED) is 0.658. The molecule has 1 aliphatic rings. The van der Waals surface area contributed by atoms with Gasteiger partial charge in [0.25, 0.3) is 0 Å². The van der Waals surface area contributed by atoms with Crippen LogP contribution in [0, 0.1) is 0 Å². The molecule has 1 aliphatic heterocycles. The fraction of sp³-hybridized carbons (Fsp3) is 0.846. The highest BCUT2D eigenvalue weighted by Crippen LogP contribution is 2.18. The molecule has 0 saturated carbocycles. The Morgan fingerprint density at radius 2 is 2.11 bits per heavy atom. The van der Waals surface area contributed by atoms with E-state index in [1.807, 2.05) is 4.90 Å². The van der Waals surface area contributed by atoms with Crippen molar-refractivity contribution in [3.8, 4) is 0 Å². The molecule has 2 amide bonds. The predicted molar refractivity (Wildman–Crippen MR) is 69.0 cm³/mol. The van der Waals surface area contributed by atoms with Gasteiger partial charge in [0.05, 0.1) is 12.6 Å². The van der Waals surface area contributed by atoms with Crippen molar-refractivity contribution in [3.05, 3.63) is 0 Å². The number of likely N-dealkylation sites (tertiary alicyclic amines) is 1. The number of nitrogens with zero attached hydrogens (tertiary/aromatic N) is 1. The Hall–Kier alpha value is -1.10. The van der Waals surface area contributed by atoms with Crippen molar-refractivity contribution in [2.24, 2.45) is 0 Å². The van der Waals surface area contributed by atoms with Gasteiger partial charge in [-0.1, -0.05) is 6.42 Å². The molecular formula is C13H24N2O3. The second kappa shape index (κ2) is 8.08. The fourth-order valence-corrected chi connectivity index (χ4v) is 2.34. The smallest absolute Gasteiger partial charge is 0.222 e. The summed E-state index contributed by atoms with van der Waals surface area (Å²) in [5.74, 6) is 0.153. The molecule has 2 N–H and O–H groups in total. The number of hydrogen-bond donors (Lipinski definition) is 2. The van der Waals surface area contributed by atoms with Crippen LogP contribution in [0.15, 0.2) is 0 Å². The molecule has 5 heteroatoms. The zero-order valence-corrected chi connectivity index (χ0v) is 11.2. The Kier molecular flexibility index (Phi) is 6.72. The van der Waals surface area contributed by atoms with Gasteiger partial charge in [0.1, 0.15) is 0 Å². The van der Waals surface area contributed by atoms with E-state index in [1.165, 1.54) is 6.92 Å². The zero-order valence-electron chi connectivity index (χ0n) is 11.2. The van der Waals surface area contributed by atoms with E-state index in [0.717, 1.165) is 38.6 Å². The molecule has 0 spiro atoms. The molecule has 5 nitrogen and oxygen atoms in total. The first kappa shape index (κ1) is 15.0. The normalized spacial score (nSPS) is 19.0. The molecule has 1 fully saturated rings. The van der Waals surface area contributed by atoms with Crippen molar-refractivity contribution in [3.63, 3.8) is 0 Å². The van der Waals surface area contributed by atoms with Crippen LogP contribution in [0.25, 0.3) is 0 Å². The monoisotopic (exact) mass is 256 g/mol. The molecule has 0 aliphatic carbocycles.